The minimum absolute atomic E-state index is 0.268. The van der Waals surface area contributed by atoms with Gasteiger partial charge >= 0.3 is 0 Å². The summed E-state index contributed by atoms with van der Waals surface area (Å²) in [6.07, 6.45) is 7.02. The minimum atomic E-state index is 0.268. The van der Waals surface area contributed by atoms with Crippen LogP contribution in [0.5, 0.6) is 0 Å². The molecule has 1 saturated heterocycles. The molecular weight excluding hydrogens is 206 g/mol. The molecular formula is C16H21N. The van der Waals surface area contributed by atoms with Crippen LogP contribution in [-0.2, 0) is 12.0 Å². The lowest BCUT2D eigenvalue weighted by atomic mass is 9.70. The van der Waals surface area contributed by atoms with Gasteiger partial charge in [-0.15, -0.1) is 0 Å². The number of benzene rings is 1. The van der Waals surface area contributed by atoms with Crippen molar-refractivity contribution in [1.82, 2.24) is 5.32 Å². The van der Waals surface area contributed by atoms with Crippen LogP contribution in [0.2, 0.25) is 0 Å². The molecule has 0 aromatic heterocycles. The molecule has 1 aromatic carbocycles. The van der Waals surface area contributed by atoms with Crippen molar-refractivity contribution in [3.63, 3.8) is 0 Å². The van der Waals surface area contributed by atoms with E-state index in [1.54, 1.807) is 11.1 Å². The van der Waals surface area contributed by atoms with E-state index in [1.807, 2.05) is 0 Å². The van der Waals surface area contributed by atoms with Gasteiger partial charge in [-0.2, -0.15) is 0 Å². The Hall–Kier alpha value is -0.820. The summed E-state index contributed by atoms with van der Waals surface area (Å²) in [5.74, 6) is 1.81. The van der Waals surface area contributed by atoms with E-state index >= 15 is 0 Å². The van der Waals surface area contributed by atoms with Crippen molar-refractivity contribution in [1.29, 1.82) is 0 Å². The van der Waals surface area contributed by atoms with Crippen LogP contribution in [-0.4, -0.2) is 6.04 Å². The van der Waals surface area contributed by atoms with Gasteiger partial charge in [-0.3, -0.25) is 0 Å². The van der Waals surface area contributed by atoms with Crippen molar-refractivity contribution >= 4 is 0 Å². The number of hydrogen-bond acceptors (Lipinski definition) is 1. The van der Waals surface area contributed by atoms with E-state index in [9.17, 15) is 0 Å². The highest BCUT2D eigenvalue weighted by atomic mass is 15.1. The Balaban J connectivity index is 1.86. The molecule has 90 valence electrons. The molecule has 2 heterocycles. The van der Waals surface area contributed by atoms with Crippen LogP contribution in [0, 0.1) is 11.8 Å². The van der Waals surface area contributed by atoms with Crippen LogP contribution >= 0.6 is 0 Å². The lowest BCUT2D eigenvalue weighted by Crippen LogP contribution is -2.46. The van der Waals surface area contributed by atoms with Crippen LogP contribution in [0.15, 0.2) is 24.3 Å². The highest BCUT2D eigenvalue weighted by Gasteiger charge is 2.54. The van der Waals surface area contributed by atoms with Gasteiger partial charge in [-0.25, -0.2) is 0 Å². The molecule has 1 aliphatic carbocycles. The lowest BCUT2D eigenvalue weighted by Gasteiger charge is -2.38. The fraction of sp³-hybridized carbons (Fsp3) is 0.625. The fourth-order valence-electron chi connectivity index (χ4n) is 4.88. The normalized spacial score (nSPS) is 43.0. The predicted octanol–water partition coefficient (Wildman–Crippen LogP) is 3.24. The van der Waals surface area contributed by atoms with E-state index in [0.29, 0.717) is 0 Å². The van der Waals surface area contributed by atoms with Gasteiger partial charge in [-0.05, 0) is 49.1 Å². The summed E-state index contributed by atoms with van der Waals surface area (Å²) >= 11 is 0. The molecule has 1 aromatic rings. The molecule has 4 atom stereocenters. The Kier molecular flexibility index (Phi) is 2.00. The smallest absolute Gasteiger partial charge is 0.0442 e. The van der Waals surface area contributed by atoms with E-state index in [0.717, 1.165) is 17.9 Å². The zero-order chi connectivity index (χ0) is 11.5. The zero-order valence-corrected chi connectivity index (χ0v) is 10.6. The van der Waals surface area contributed by atoms with Gasteiger partial charge in [0, 0.05) is 11.6 Å². The summed E-state index contributed by atoms with van der Waals surface area (Å²) in [5, 5.41) is 3.96. The van der Waals surface area contributed by atoms with Gasteiger partial charge in [0.2, 0.25) is 0 Å². The Labute approximate surface area is 104 Å². The second-order valence-electron chi connectivity index (χ2n) is 6.37. The van der Waals surface area contributed by atoms with Crippen molar-refractivity contribution in [3.8, 4) is 0 Å². The Morgan fingerprint density at radius 2 is 2.00 bits per heavy atom. The highest BCUT2D eigenvalue weighted by molar-refractivity contribution is 5.40. The average Bonchev–Trinajstić information content (AvgIpc) is 2.61. The largest absolute Gasteiger partial charge is 0.304 e. The fourth-order valence-corrected chi connectivity index (χ4v) is 4.88. The van der Waals surface area contributed by atoms with Gasteiger partial charge in [-0.1, -0.05) is 37.1 Å². The molecule has 1 N–H and O–H groups in total. The summed E-state index contributed by atoms with van der Waals surface area (Å²) in [6, 6.07) is 9.87. The Morgan fingerprint density at radius 3 is 2.94 bits per heavy atom. The quantitative estimate of drug-likeness (QED) is 0.717. The maximum absolute atomic E-state index is 3.96. The summed E-state index contributed by atoms with van der Waals surface area (Å²) in [7, 11) is 0. The van der Waals surface area contributed by atoms with E-state index < -0.39 is 0 Å². The van der Waals surface area contributed by atoms with Crippen molar-refractivity contribution in [2.24, 2.45) is 11.8 Å². The van der Waals surface area contributed by atoms with Crippen molar-refractivity contribution in [2.75, 3.05) is 0 Å². The molecule has 0 radical (unpaired) electrons. The van der Waals surface area contributed by atoms with Crippen LogP contribution in [0.4, 0.5) is 0 Å². The monoisotopic (exact) mass is 227 g/mol. The van der Waals surface area contributed by atoms with E-state index in [2.05, 4.69) is 36.5 Å². The summed E-state index contributed by atoms with van der Waals surface area (Å²) in [4.78, 5) is 0. The van der Waals surface area contributed by atoms with Gasteiger partial charge < -0.3 is 5.32 Å². The molecule has 0 spiro atoms. The number of rotatable bonds is 0. The minimum Gasteiger partial charge on any atom is -0.304 e. The molecule has 1 heteroatoms. The van der Waals surface area contributed by atoms with E-state index in [4.69, 9.17) is 0 Å². The molecule has 2 aliphatic heterocycles. The first-order valence-corrected chi connectivity index (χ1v) is 7.15. The number of hydrogen-bond donors (Lipinski definition) is 1. The first-order chi connectivity index (χ1) is 8.29. The third-order valence-electron chi connectivity index (χ3n) is 5.58. The Bertz CT molecular complexity index is 453. The van der Waals surface area contributed by atoms with E-state index in [1.165, 1.54) is 32.1 Å². The molecule has 4 rings (SSSR count). The predicted molar refractivity (Wildman–Crippen MR) is 69.9 cm³/mol. The number of fused-ring (bicyclic) bond motifs is 7. The number of nitrogens with one attached hydrogen (secondary N) is 1. The average molecular weight is 227 g/mol. The third-order valence-corrected chi connectivity index (χ3v) is 5.58. The molecule has 1 saturated carbocycles. The van der Waals surface area contributed by atoms with Crippen molar-refractivity contribution < 1.29 is 0 Å². The second kappa shape index (κ2) is 3.35. The van der Waals surface area contributed by atoms with Gasteiger partial charge in [0.05, 0.1) is 0 Å². The standard InChI is InChI=1S/C16H21N/c1-16-13-8-4-2-6-11(13)10-15(17-16)12-7-3-5-9-14(12)16/h2,4,6,8,12,14-15,17H,3,5,7,9-10H2,1H3/t12-,14+,15-,16+/m1/s1. The molecule has 3 aliphatic rings. The van der Waals surface area contributed by atoms with Crippen LogP contribution in [0.1, 0.15) is 43.7 Å². The van der Waals surface area contributed by atoms with Crippen molar-refractivity contribution in [3.05, 3.63) is 35.4 Å². The molecule has 1 nitrogen and oxygen atoms in total. The SMILES string of the molecule is C[C@]12N[C@H](Cc3ccccc31)[C@@H]1CCCC[C@@H]12. The van der Waals surface area contributed by atoms with Gasteiger partial charge in [0.25, 0.3) is 0 Å². The summed E-state index contributed by atoms with van der Waals surface area (Å²) in [5.41, 5.74) is 3.46. The molecule has 0 unspecified atom stereocenters. The van der Waals surface area contributed by atoms with Crippen molar-refractivity contribution in [2.45, 2.75) is 50.6 Å². The molecule has 2 fully saturated rings. The van der Waals surface area contributed by atoms with Crippen LogP contribution in [0.3, 0.4) is 0 Å². The lowest BCUT2D eigenvalue weighted by molar-refractivity contribution is 0.203. The maximum Gasteiger partial charge on any atom is 0.0442 e. The first kappa shape index (κ1) is 10.1. The topological polar surface area (TPSA) is 12.0 Å². The van der Waals surface area contributed by atoms with Crippen LogP contribution in [0.25, 0.3) is 0 Å². The summed E-state index contributed by atoms with van der Waals surface area (Å²) in [6.45, 7) is 2.45. The molecule has 0 amide bonds. The zero-order valence-electron chi connectivity index (χ0n) is 10.6. The highest BCUT2D eigenvalue weighted by Crippen LogP contribution is 2.53. The maximum atomic E-state index is 3.96. The van der Waals surface area contributed by atoms with Gasteiger partial charge in [0.15, 0.2) is 0 Å². The Morgan fingerprint density at radius 1 is 1.18 bits per heavy atom. The van der Waals surface area contributed by atoms with Crippen LogP contribution < -0.4 is 5.32 Å². The molecule has 2 bridgehead atoms. The second-order valence-corrected chi connectivity index (χ2v) is 6.37. The molecule has 17 heavy (non-hydrogen) atoms. The summed E-state index contributed by atoms with van der Waals surface area (Å²) < 4.78 is 0. The first-order valence-electron chi connectivity index (χ1n) is 7.15. The van der Waals surface area contributed by atoms with Gasteiger partial charge in [0.1, 0.15) is 0 Å². The third kappa shape index (κ3) is 1.24. The van der Waals surface area contributed by atoms with E-state index in [-0.39, 0.29) is 5.54 Å².